The van der Waals surface area contributed by atoms with E-state index in [1.54, 1.807) is 24.3 Å². The number of ether oxygens (including phenoxy) is 2. The molecule has 3 amide bonds. The van der Waals surface area contributed by atoms with Crippen LogP contribution in [-0.4, -0.2) is 113 Å². The number of aromatic nitrogens is 9. The number of ketones is 1. The van der Waals surface area contributed by atoms with Gasteiger partial charge in [0.15, 0.2) is 24.8 Å². The SMILES string of the molecule is Cc1ccc(-c2nnc(N3CCN(C(=O)CCc4nc(C)cc(C)n4)CC3)c3ccccc23)cc1.Cc1cccc(OCC(=O)Nc2cccc3c(NC(=O)COc4cccc(C)c4)cccc23)c1.O=C(CCc1nnc(CCc2nc3ccccc3c(=O)[nH]2)n1-c1ccccc1)c1ccccc1F. The number of halogens is 1. The monoisotopic (exact) mass is 1390 g/mol. The summed E-state index contributed by atoms with van der Waals surface area (Å²) in [6.45, 7) is 12.5. The predicted molar refractivity (Wildman–Crippen MR) is 403 cm³/mol. The summed E-state index contributed by atoms with van der Waals surface area (Å²) in [6, 6.07) is 67.6. The van der Waals surface area contributed by atoms with Gasteiger partial charge in [0.25, 0.3) is 17.4 Å². The fourth-order valence-corrected chi connectivity index (χ4v) is 12.4. The largest absolute Gasteiger partial charge is 0.484 e. The quantitative estimate of drug-likeness (QED) is 0.0566. The van der Waals surface area contributed by atoms with Crippen molar-refractivity contribution >= 4 is 73.1 Å². The molecule has 14 rings (SSSR count). The van der Waals surface area contributed by atoms with E-state index in [1.165, 1.54) is 17.7 Å². The van der Waals surface area contributed by atoms with E-state index in [0.717, 1.165) is 85.7 Å². The fraction of sp³-hybridized carbons (Fsp3) is 0.205. The Bertz CT molecular complexity index is 5170. The van der Waals surface area contributed by atoms with E-state index in [2.05, 4.69) is 99.2 Å². The van der Waals surface area contributed by atoms with Crippen molar-refractivity contribution < 1.29 is 33.0 Å². The molecule has 0 bridgehead atoms. The van der Waals surface area contributed by atoms with Gasteiger partial charge in [-0.15, -0.1) is 20.4 Å². The van der Waals surface area contributed by atoms with Crippen LogP contribution in [-0.2, 0) is 40.1 Å². The van der Waals surface area contributed by atoms with Crippen LogP contribution in [0.2, 0.25) is 0 Å². The van der Waals surface area contributed by atoms with Gasteiger partial charge in [0.2, 0.25) is 5.91 Å². The van der Waals surface area contributed by atoms with E-state index in [-0.39, 0.29) is 54.3 Å². The van der Waals surface area contributed by atoms with Crippen LogP contribution < -0.4 is 30.6 Å². The highest BCUT2D eigenvalue weighted by Crippen LogP contribution is 2.33. The van der Waals surface area contributed by atoms with Gasteiger partial charge in [-0.2, -0.15) is 0 Å². The molecular weight excluding hydrogens is 1310 g/mol. The van der Waals surface area contributed by atoms with E-state index in [1.807, 2.05) is 183 Å². The van der Waals surface area contributed by atoms with Crippen molar-refractivity contribution in [3.05, 3.63) is 291 Å². The van der Waals surface area contributed by atoms with Crippen molar-refractivity contribution in [2.75, 3.05) is 54.9 Å². The van der Waals surface area contributed by atoms with E-state index in [9.17, 15) is 28.4 Å². The van der Waals surface area contributed by atoms with Gasteiger partial charge in [-0.25, -0.2) is 19.3 Å². The summed E-state index contributed by atoms with van der Waals surface area (Å²) in [7, 11) is 0. The second-order valence-corrected chi connectivity index (χ2v) is 25.4. The second kappa shape index (κ2) is 33.7. The van der Waals surface area contributed by atoms with Crippen LogP contribution in [0.1, 0.15) is 74.6 Å². The lowest BCUT2D eigenvalue weighted by molar-refractivity contribution is -0.131. The summed E-state index contributed by atoms with van der Waals surface area (Å²) in [5.41, 5.74) is 9.86. The molecule has 9 aromatic carbocycles. The molecule has 3 N–H and O–H groups in total. The number of Topliss-reactive ketones (excluding diaryl/α,β-unsaturated/α-hetero) is 1. The Balaban J connectivity index is 0.000000147. The Morgan fingerprint density at radius 2 is 1.05 bits per heavy atom. The van der Waals surface area contributed by atoms with Crippen LogP contribution in [0.3, 0.4) is 0 Å². The van der Waals surface area contributed by atoms with Gasteiger partial charge in [0.05, 0.1) is 16.5 Å². The average molecular weight is 1390 g/mol. The Labute approximate surface area is 601 Å². The maximum Gasteiger partial charge on any atom is 0.262 e. The van der Waals surface area contributed by atoms with Crippen molar-refractivity contribution in [2.45, 2.75) is 73.1 Å². The molecule has 1 aliphatic heterocycles. The van der Waals surface area contributed by atoms with Crippen molar-refractivity contribution in [2.24, 2.45) is 0 Å². The molecule has 4 aromatic heterocycles. The Hall–Kier alpha value is -12.7. The zero-order valence-electron chi connectivity index (χ0n) is 58.5. The third kappa shape index (κ3) is 18.3. The minimum Gasteiger partial charge on any atom is -0.484 e. The van der Waals surface area contributed by atoms with Gasteiger partial charge in [-0.05, 0) is 125 Å². The van der Waals surface area contributed by atoms with Gasteiger partial charge in [0.1, 0.15) is 46.3 Å². The summed E-state index contributed by atoms with van der Waals surface area (Å²) >= 11 is 0. The molecule has 0 saturated carbocycles. The molecule has 1 saturated heterocycles. The maximum absolute atomic E-state index is 14.0. The standard InChI is InChI=1S/C28H30N6O.C28H26N2O4.C27H22FN5O2/c1-19-8-10-22(11-9-19)27-23-6-4-5-7-24(23)28(32-31-27)34-16-14-33(15-17-34)26(35)13-12-25-29-20(2)18-21(3)30-25;1-19-7-3-9-21(15-19)33-17-27(31)29-25-13-5-12-24-23(25)11-6-14-26(24)30-28(32)18-34-22-10-4-8-20(2)16-22;28-21-12-6-4-10-19(21)23(34)14-16-25-31-32-26(33(25)18-8-2-1-3-9-18)17-15-24-29-22-13-7-5-11-20(22)27(35)30-24/h4-11,18H,12-17H2,1-3H3;3-16H,17-18H2,1-2H3,(H,29,31)(H,30,32);1-13H,14-17H2,(H,29,30,35). The average Bonchev–Trinajstić information content (AvgIpc) is 0.918. The first-order valence-corrected chi connectivity index (χ1v) is 34.5. The highest BCUT2D eigenvalue weighted by molar-refractivity contribution is 6.09. The van der Waals surface area contributed by atoms with Crippen molar-refractivity contribution in [1.82, 2.24) is 49.8 Å². The number of H-pyrrole nitrogens is 1. The smallest absolute Gasteiger partial charge is 0.262 e. The number of aryl methyl sites for hydroxylation is 9. The van der Waals surface area contributed by atoms with Crippen molar-refractivity contribution in [3.8, 4) is 28.4 Å². The lowest BCUT2D eigenvalue weighted by atomic mass is 10.0. The molecule has 13 aromatic rings. The fourth-order valence-electron chi connectivity index (χ4n) is 12.4. The number of nitrogens with zero attached hydrogens (tertiary/aromatic N) is 10. The molecule has 1 fully saturated rings. The Morgan fingerprint density at radius 3 is 1.67 bits per heavy atom. The van der Waals surface area contributed by atoms with Crippen LogP contribution in [0.5, 0.6) is 11.5 Å². The number of piperazine rings is 1. The molecule has 0 unspecified atom stereocenters. The van der Waals surface area contributed by atoms with Gasteiger partial charge < -0.3 is 34.9 Å². The Morgan fingerprint density at radius 1 is 0.490 bits per heavy atom. The number of anilines is 3. The summed E-state index contributed by atoms with van der Waals surface area (Å²) in [6.07, 6.45) is 2.34. The summed E-state index contributed by atoms with van der Waals surface area (Å²) in [5, 5.41) is 28.1. The van der Waals surface area contributed by atoms with Gasteiger partial charge >= 0.3 is 0 Å². The number of nitrogens with one attached hydrogen (secondary N) is 3. The number of aromatic amines is 1. The zero-order chi connectivity index (χ0) is 72.5. The maximum atomic E-state index is 14.0. The normalized spacial score (nSPS) is 11.9. The molecule has 524 valence electrons. The van der Waals surface area contributed by atoms with Gasteiger partial charge in [-0.3, -0.25) is 28.5 Å². The topological polar surface area (TPSA) is 245 Å². The van der Waals surface area contributed by atoms with E-state index < -0.39 is 5.82 Å². The predicted octanol–water partition coefficient (Wildman–Crippen LogP) is 14.0. The number of carbonyl (C=O) groups excluding carboxylic acids is 4. The minimum atomic E-state index is -0.528. The number of amides is 3. The lowest BCUT2D eigenvalue weighted by Gasteiger charge is -2.35. The second-order valence-electron chi connectivity index (χ2n) is 25.4. The van der Waals surface area contributed by atoms with Crippen molar-refractivity contribution in [3.63, 3.8) is 0 Å². The number of para-hydroxylation sites is 2. The van der Waals surface area contributed by atoms with E-state index in [4.69, 9.17) is 9.47 Å². The van der Waals surface area contributed by atoms with Gasteiger partial charge in [-0.1, -0.05) is 145 Å². The molecular formula is C83H78FN13O7. The highest BCUT2D eigenvalue weighted by Gasteiger charge is 2.25. The number of fused-ring (bicyclic) bond motifs is 3. The van der Waals surface area contributed by atoms with Crippen LogP contribution in [0, 0.1) is 40.4 Å². The van der Waals surface area contributed by atoms with Crippen molar-refractivity contribution in [1.29, 1.82) is 0 Å². The summed E-state index contributed by atoms with van der Waals surface area (Å²) < 4.78 is 27.1. The highest BCUT2D eigenvalue weighted by atomic mass is 19.1. The molecule has 104 heavy (non-hydrogen) atoms. The summed E-state index contributed by atoms with van der Waals surface area (Å²) in [4.78, 5) is 83.4. The van der Waals surface area contributed by atoms with Crippen LogP contribution in [0.4, 0.5) is 21.6 Å². The summed E-state index contributed by atoms with van der Waals surface area (Å²) in [5.74, 6) is 3.56. The number of hydrogen-bond acceptors (Lipinski definition) is 15. The van der Waals surface area contributed by atoms with E-state index in [0.29, 0.717) is 96.4 Å². The molecule has 0 spiro atoms. The van der Waals surface area contributed by atoms with Crippen LogP contribution in [0.25, 0.3) is 49.4 Å². The number of carbonyl (C=O) groups is 4. The number of rotatable bonds is 21. The first-order chi connectivity index (χ1) is 50.5. The van der Waals surface area contributed by atoms with Crippen LogP contribution in [0.15, 0.2) is 223 Å². The molecule has 0 aliphatic carbocycles. The molecule has 0 radical (unpaired) electrons. The Kier molecular flexibility index (Phi) is 23.1. The number of hydrogen-bond donors (Lipinski definition) is 3. The molecule has 1 aliphatic rings. The van der Waals surface area contributed by atoms with Gasteiger partial charge in [0, 0.05) is 120 Å². The van der Waals surface area contributed by atoms with Crippen LogP contribution >= 0.6 is 0 Å². The minimum absolute atomic E-state index is 0.0739. The van der Waals surface area contributed by atoms with E-state index >= 15 is 0 Å². The molecule has 21 heteroatoms. The third-order valence-electron chi connectivity index (χ3n) is 17.5. The molecule has 5 heterocycles. The first-order valence-electron chi connectivity index (χ1n) is 34.5. The lowest BCUT2D eigenvalue weighted by Crippen LogP contribution is -2.49. The molecule has 20 nitrogen and oxygen atoms in total. The first kappa shape index (κ1) is 71.2. The number of benzene rings is 9. The zero-order valence-corrected chi connectivity index (χ0v) is 58.5. The third-order valence-corrected chi connectivity index (χ3v) is 17.5. The molecule has 0 atom stereocenters.